The van der Waals surface area contributed by atoms with Crippen LogP contribution in [0.1, 0.15) is 46.5 Å². The van der Waals surface area contributed by atoms with Crippen molar-refractivity contribution in [3.8, 4) is 0 Å². The van der Waals surface area contributed by atoms with Crippen molar-refractivity contribution in [3.05, 3.63) is 0 Å². The number of rotatable bonds is 3. The van der Waals surface area contributed by atoms with Crippen molar-refractivity contribution in [1.29, 1.82) is 0 Å². The molecule has 0 spiro atoms. The predicted octanol–water partition coefficient (Wildman–Crippen LogP) is 2.89. The molecule has 0 bridgehead atoms. The van der Waals surface area contributed by atoms with Crippen LogP contribution in [0.15, 0.2) is 0 Å². The molecule has 0 amide bonds. The monoisotopic (exact) mass is 166 g/mol. The molecule has 1 aliphatic carbocycles. The Bertz CT molecular complexity index is 131. The average Bonchev–Trinajstić information content (AvgIpc) is 2.29. The zero-order valence-corrected chi connectivity index (χ0v) is 9.14. The summed E-state index contributed by atoms with van der Waals surface area (Å²) < 4.78 is 0. The van der Waals surface area contributed by atoms with Gasteiger partial charge in [0.25, 0.3) is 0 Å². The first-order chi connectivity index (χ1) is 5.63. The Balaban J connectivity index is 2.40. The Hall–Kier alpha value is 0.0649. The third kappa shape index (κ3) is 2.53. The van der Waals surface area contributed by atoms with Crippen LogP contribution in [0.5, 0.6) is 0 Å². The zero-order valence-electron chi connectivity index (χ0n) is 9.14. The van der Waals surface area contributed by atoms with Gasteiger partial charge in [0.2, 0.25) is 0 Å². The van der Waals surface area contributed by atoms with Crippen LogP contribution in [0.4, 0.5) is 0 Å². The lowest BCUT2D eigenvalue weighted by Gasteiger charge is -2.19. The molecule has 0 saturated heterocycles. The SMILES string of the molecule is BC1CC(CC)C(CC(C)C)C1. The fourth-order valence-electron chi connectivity index (χ4n) is 2.91. The minimum atomic E-state index is 0.898. The highest BCUT2D eigenvalue weighted by atomic mass is 14.3. The Morgan fingerprint density at radius 3 is 2.33 bits per heavy atom. The molecule has 0 N–H and O–H groups in total. The second kappa shape index (κ2) is 4.34. The van der Waals surface area contributed by atoms with Gasteiger partial charge in [-0.1, -0.05) is 45.9 Å². The smallest absolute Gasteiger partial charge is 0.0692 e. The summed E-state index contributed by atoms with van der Waals surface area (Å²) in [5, 5.41) is 0. The first-order valence-electron chi connectivity index (χ1n) is 5.63. The van der Waals surface area contributed by atoms with E-state index in [1.54, 1.807) is 0 Å². The largest absolute Gasteiger partial charge is 0.105 e. The van der Waals surface area contributed by atoms with E-state index in [2.05, 4.69) is 28.6 Å². The third-order valence-corrected chi connectivity index (χ3v) is 3.38. The van der Waals surface area contributed by atoms with Gasteiger partial charge >= 0.3 is 0 Å². The lowest BCUT2D eigenvalue weighted by atomic mass is 9.84. The van der Waals surface area contributed by atoms with Crippen LogP contribution in [-0.2, 0) is 0 Å². The molecule has 0 heterocycles. The van der Waals surface area contributed by atoms with E-state index in [1.165, 1.54) is 25.7 Å². The molecule has 3 atom stereocenters. The fourth-order valence-corrected chi connectivity index (χ4v) is 2.91. The van der Waals surface area contributed by atoms with E-state index in [0.29, 0.717) is 0 Å². The Morgan fingerprint density at radius 1 is 1.25 bits per heavy atom. The van der Waals surface area contributed by atoms with E-state index in [9.17, 15) is 0 Å². The van der Waals surface area contributed by atoms with Gasteiger partial charge in [-0.2, -0.15) is 0 Å². The standard InChI is InChI=1S/C11H23B/c1-4-9-6-11(12)7-10(9)5-8(2)3/h8-11H,4-7,12H2,1-3H3. The highest BCUT2D eigenvalue weighted by molar-refractivity contribution is 6.11. The number of hydrogen-bond donors (Lipinski definition) is 0. The van der Waals surface area contributed by atoms with Crippen LogP contribution in [0, 0.1) is 17.8 Å². The summed E-state index contributed by atoms with van der Waals surface area (Å²) in [6, 6.07) is 0. The van der Waals surface area contributed by atoms with Gasteiger partial charge in [-0.05, 0) is 24.2 Å². The summed E-state index contributed by atoms with van der Waals surface area (Å²) >= 11 is 0. The maximum Gasteiger partial charge on any atom is 0.105 e. The Labute approximate surface area is 78.5 Å². The van der Waals surface area contributed by atoms with E-state index in [-0.39, 0.29) is 0 Å². The molecule has 1 aliphatic rings. The first kappa shape index (κ1) is 10.1. The van der Waals surface area contributed by atoms with Crippen LogP contribution in [-0.4, -0.2) is 7.85 Å². The molecule has 12 heavy (non-hydrogen) atoms. The van der Waals surface area contributed by atoms with E-state index in [0.717, 1.165) is 23.6 Å². The van der Waals surface area contributed by atoms with Crippen molar-refractivity contribution in [2.45, 2.75) is 52.3 Å². The highest BCUT2D eigenvalue weighted by Crippen LogP contribution is 2.43. The summed E-state index contributed by atoms with van der Waals surface area (Å²) in [6.07, 6.45) is 5.86. The molecule has 1 rings (SSSR count). The van der Waals surface area contributed by atoms with Crippen LogP contribution in [0.2, 0.25) is 5.82 Å². The maximum atomic E-state index is 2.42. The Kier molecular flexibility index (Phi) is 3.67. The lowest BCUT2D eigenvalue weighted by Crippen LogP contribution is -2.09. The van der Waals surface area contributed by atoms with Crippen molar-refractivity contribution in [1.82, 2.24) is 0 Å². The molecule has 3 unspecified atom stereocenters. The van der Waals surface area contributed by atoms with E-state index >= 15 is 0 Å². The van der Waals surface area contributed by atoms with Crippen molar-refractivity contribution >= 4 is 7.85 Å². The third-order valence-electron chi connectivity index (χ3n) is 3.38. The molecule has 0 aromatic rings. The summed E-state index contributed by atoms with van der Waals surface area (Å²) in [5.74, 6) is 3.99. The highest BCUT2D eigenvalue weighted by Gasteiger charge is 2.30. The molecular weight excluding hydrogens is 143 g/mol. The fraction of sp³-hybridized carbons (Fsp3) is 1.00. The van der Waals surface area contributed by atoms with Gasteiger partial charge in [-0.3, -0.25) is 0 Å². The molecule has 1 fully saturated rings. The van der Waals surface area contributed by atoms with Gasteiger partial charge in [0.05, 0.1) is 0 Å². The quantitative estimate of drug-likeness (QED) is 0.565. The zero-order chi connectivity index (χ0) is 9.14. The molecule has 0 radical (unpaired) electrons. The van der Waals surface area contributed by atoms with E-state index < -0.39 is 0 Å². The average molecular weight is 166 g/mol. The first-order valence-corrected chi connectivity index (χ1v) is 5.63. The van der Waals surface area contributed by atoms with Crippen LogP contribution >= 0.6 is 0 Å². The van der Waals surface area contributed by atoms with Crippen LogP contribution < -0.4 is 0 Å². The minimum absolute atomic E-state index is 0.898. The second-order valence-corrected chi connectivity index (χ2v) is 5.13. The van der Waals surface area contributed by atoms with E-state index in [4.69, 9.17) is 0 Å². The summed E-state index contributed by atoms with van der Waals surface area (Å²) in [5.41, 5.74) is 0. The van der Waals surface area contributed by atoms with Crippen molar-refractivity contribution in [2.75, 3.05) is 0 Å². The van der Waals surface area contributed by atoms with Gasteiger partial charge in [-0.25, -0.2) is 0 Å². The molecule has 1 heteroatoms. The van der Waals surface area contributed by atoms with Gasteiger partial charge in [0, 0.05) is 0 Å². The molecule has 70 valence electrons. The second-order valence-electron chi connectivity index (χ2n) is 5.13. The number of hydrogen-bond acceptors (Lipinski definition) is 0. The topological polar surface area (TPSA) is 0 Å². The summed E-state index contributed by atoms with van der Waals surface area (Å²) in [4.78, 5) is 0. The minimum Gasteiger partial charge on any atom is -0.0692 e. The molecular formula is C11H23B. The Morgan fingerprint density at radius 2 is 1.83 bits per heavy atom. The van der Waals surface area contributed by atoms with E-state index in [1.807, 2.05) is 0 Å². The van der Waals surface area contributed by atoms with Gasteiger partial charge in [-0.15, -0.1) is 0 Å². The normalized spacial score (nSPS) is 36.2. The lowest BCUT2D eigenvalue weighted by molar-refractivity contribution is 0.316. The summed E-state index contributed by atoms with van der Waals surface area (Å²) in [6.45, 7) is 7.07. The molecule has 0 aromatic carbocycles. The van der Waals surface area contributed by atoms with Gasteiger partial charge < -0.3 is 0 Å². The van der Waals surface area contributed by atoms with Crippen LogP contribution in [0.25, 0.3) is 0 Å². The van der Waals surface area contributed by atoms with Crippen molar-refractivity contribution in [2.24, 2.45) is 17.8 Å². The van der Waals surface area contributed by atoms with Crippen molar-refractivity contribution in [3.63, 3.8) is 0 Å². The van der Waals surface area contributed by atoms with Crippen molar-refractivity contribution < 1.29 is 0 Å². The van der Waals surface area contributed by atoms with Gasteiger partial charge in [0.15, 0.2) is 0 Å². The molecule has 0 aromatic heterocycles. The summed E-state index contributed by atoms with van der Waals surface area (Å²) in [7, 11) is 2.42. The van der Waals surface area contributed by atoms with Crippen LogP contribution in [0.3, 0.4) is 0 Å². The molecule has 0 nitrogen and oxygen atoms in total. The maximum absolute atomic E-state index is 2.42. The molecule has 0 aliphatic heterocycles. The predicted molar refractivity (Wildman–Crippen MR) is 58.3 cm³/mol. The van der Waals surface area contributed by atoms with Gasteiger partial charge in [0.1, 0.15) is 7.85 Å². The molecule has 1 saturated carbocycles.